The smallest absolute Gasteiger partial charge is 0.336 e. The Kier molecular flexibility index (Phi) is 6.78. The van der Waals surface area contributed by atoms with Gasteiger partial charge in [0.1, 0.15) is 22.7 Å². The van der Waals surface area contributed by atoms with Gasteiger partial charge in [0.05, 0.1) is 11.0 Å². The summed E-state index contributed by atoms with van der Waals surface area (Å²) in [6, 6.07) is 72.1. The molecular weight excluding hydrogens is 719 g/mol. The molecule has 4 heterocycles. The summed E-state index contributed by atoms with van der Waals surface area (Å²) in [5, 5.41) is 4.75. The Hall–Kier alpha value is -7.76. The monoisotopic (exact) mass is 752 g/mol. The second-order valence-electron chi connectivity index (χ2n) is 15.6. The topological polar surface area (TPSA) is 30.5 Å². The average molecular weight is 753 g/mol. The number of ether oxygens (including phenoxy) is 1. The molecule has 274 valence electrons. The molecule has 5 heteroatoms. The van der Waals surface area contributed by atoms with Crippen LogP contribution in [0.25, 0.3) is 82.8 Å². The molecule has 0 spiro atoms. The Morgan fingerprint density at radius 1 is 0.390 bits per heavy atom. The minimum absolute atomic E-state index is 0.103. The van der Waals surface area contributed by atoms with E-state index in [9.17, 15) is 0 Å². The Bertz CT molecular complexity index is 3460. The largest absolute Gasteiger partial charge is 0.458 e. The number of aromatic nitrogens is 1. The fourth-order valence-corrected chi connectivity index (χ4v) is 9.81. The summed E-state index contributed by atoms with van der Waals surface area (Å²) >= 11 is 0. The number of benzene rings is 9. The second kappa shape index (κ2) is 12.4. The van der Waals surface area contributed by atoms with Gasteiger partial charge in [-0.2, -0.15) is 0 Å². The Morgan fingerprint density at radius 3 is 1.90 bits per heavy atom. The Morgan fingerprint density at radius 2 is 1.05 bits per heavy atom. The molecule has 0 aliphatic carbocycles. The first-order valence-electron chi connectivity index (χ1n) is 20.2. The van der Waals surface area contributed by atoms with Crippen molar-refractivity contribution in [2.75, 3.05) is 4.81 Å². The van der Waals surface area contributed by atoms with Crippen LogP contribution in [0.2, 0.25) is 0 Å². The minimum atomic E-state index is -0.103. The van der Waals surface area contributed by atoms with E-state index in [-0.39, 0.29) is 6.85 Å². The van der Waals surface area contributed by atoms with Gasteiger partial charge in [0.25, 0.3) is 0 Å². The van der Waals surface area contributed by atoms with E-state index in [1.165, 1.54) is 38.4 Å². The highest BCUT2D eigenvalue weighted by Crippen LogP contribution is 2.47. The quantitative estimate of drug-likeness (QED) is 0.168. The molecule has 0 atom stereocenters. The van der Waals surface area contributed by atoms with E-state index >= 15 is 0 Å². The van der Waals surface area contributed by atoms with E-state index in [0.29, 0.717) is 0 Å². The molecule has 0 N–H and O–H groups in total. The number of nitrogens with zero attached hydrogens (tertiary/aromatic N) is 2. The van der Waals surface area contributed by atoms with E-state index in [1.807, 2.05) is 12.1 Å². The van der Waals surface area contributed by atoms with Crippen LogP contribution in [0.3, 0.4) is 0 Å². The third-order valence-electron chi connectivity index (χ3n) is 12.4. The van der Waals surface area contributed by atoms with E-state index < -0.39 is 0 Å². The first-order chi connectivity index (χ1) is 29.2. The number of hydrogen-bond acceptors (Lipinski definition) is 3. The molecule has 9 aromatic carbocycles. The van der Waals surface area contributed by atoms with Crippen LogP contribution >= 0.6 is 0 Å². The maximum Gasteiger partial charge on any atom is 0.336 e. The molecule has 0 radical (unpaired) electrons. The second-order valence-corrected chi connectivity index (χ2v) is 15.6. The van der Waals surface area contributed by atoms with E-state index in [2.05, 4.69) is 197 Å². The average Bonchev–Trinajstić information content (AvgIpc) is 3.84. The standard InChI is InChI=1S/C54H33BN2O2/c1-2-14-38(15-3-1)57-49-32-36(35-26-28-51-44(30-35)43-19-6-10-23-50(43)58-51)25-27-42(49)45-31-37(33-53-54(45)55(57)46-20-7-11-24-52(46)59-53)34-13-12-16-39(29-34)56-47-21-8-4-17-40(47)41-18-5-9-22-48(41)56/h1-33H. The van der Waals surface area contributed by atoms with Crippen LogP contribution in [0, 0.1) is 0 Å². The summed E-state index contributed by atoms with van der Waals surface area (Å²) in [5.41, 5.74) is 16.8. The van der Waals surface area contributed by atoms with Crippen molar-refractivity contribution in [1.29, 1.82) is 0 Å². The number of para-hydroxylation sites is 5. The number of hydrogen-bond donors (Lipinski definition) is 0. The molecule has 2 aliphatic heterocycles. The molecule has 0 saturated heterocycles. The predicted molar refractivity (Wildman–Crippen MR) is 244 cm³/mol. The molecule has 0 unspecified atom stereocenters. The Labute approximate surface area is 340 Å². The van der Waals surface area contributed by atoms with Gasteiger partial charge in [-0.3, -0.25) is 0 Å². The van der Waals surface area contributed by atoms with E-state index in [1.54, 1.807) is 0 Å². The van der Waals surface area contributed by atoms with Crippen molar-refractivity contribution in [2.24, 2.45) is 0 Å². The van der Waals surface area contributed by atoms with Crippen LogP contribution in [0.15, 0.2) is 205 Å². The fraction of sp³-hybridized carbons (Fsp3) is 0. The van der Waals surface area contributed by atoms with Gasteiger partial charge in [0.2, 0.25) is 0 Å². The normalized spacial score (nSPS) is 12.8. The van der Waals surface area contributed by atoms with Crippen molar-refractivity contribution in [3.63, 3.8) is 0 Å². The molecule has 0 bridgehead atoms. The maximum absolute atomic E-state index is 6.92. The molecule has 59 heavy (non-hydrogen) atoms. The van der Waals surface area contributed by atoms with Crippen LogP contribution in [-0.2, 0) is 0 Å². The van der Waals surface area contributed by atoms with Crippen LogP contribution in [0.1, 0.15) is 0 Å². The van der Waals surface area contributed by atoms with Gasteiger partial charge in [-0.05, 0) is 112 Å². The van der Waals surface area contributed by atoms with Gasteiger partial charge in [0, 0.05) is 49.6 Å². The van der Waals surface area contributed by atoms with Gasteiger partial charge in [-0.25, -0.2) is 0 Å². The summed E-state index contributed by atoms with van der Waals surface area (Å²) < 4.78 is 15.5. The van der Waals surface area contributed by atoms with Gasteiger partial charge in [0.15, 0.2) is 0 Å². The van der Waals surface area contributed by atoms with Crippen LogP contribution in [-0.4, -0.2) is 11.4 Å². The van der Waals surface area contributed by atoms with E-state index in [4.69, 9.17) is 9.15 Å². The van der Waals surface area contributed by atoms with Crippen molar-refractivity contribution in [2.45, 2.75) is 0 Å². The molecular formula is C54H33BN2O2. The highest BCUT2D eigenvalue weighted by molar-refractivity contribution is 6.92. The van der Waals surface area contributed by atoms with Gasteiger partial charge in [-0.1, -0.05) is 121 Å². The maximum atomic E-state index is 6.92. The summed E-state index contributed by atoms with van der Waals surface area (Å²) in [6.07, 6.45) is 0. The third-order valence-corrected chi connectivity index (χ3v) is 12.4. The molecule has 11 aromatic rings. The summed E-state index contributed by atoms with van der Waals surface area (Å²) in [4.78, 5) is 2.51. The lowest BCUT2D eigenvalue weighted by molar-refractivity contribution is 0.487. The number of anilines is 2. The molecule has 13 rings (SSSR count). The summed E-state index contributed by atoms with van der Waals surface area (Å²) in [5.74, 6) is 1.77. The number of fused-ring (bicyclic) bond motifs is 10. The fourth-order valence-electron chi connectivity index (χ4n) is 9.81. The molecule has 2 aliphatic rings. The first-order valence-corrected chi connectivity index (χ1v) is 20.2. The van der Waals surface area contributed by atoms with Crippen molar-refractivity contribution in [1.82, 2.24) is 4.57 Å². The van der Waals surface area contributed by atoms with Crippen molar-refractivity contribution >= 4 is 72.9 Å². The molecule has 0 amide bonds. The lowest BCUT2D eigenvalue weighted by Crippen LogP contribution is -2.59. The zero-order chi connectivity index (χ0) is 38.6. The SMILES string of the molecule is c1ccc(N2B3c4ccccc4Oc4cc(-c5cccc(-n6c7ccccc7c7ccccc76)c5)cc(c43)-c3ccc(-c4ccc5oc6ccccc6c5c4)cc32)cc1. The highest BCUT2D eigenvalue weighted by atomic mass is 16.5. The molecule has 0 saturated carbocycles. The molecule has 2 aromatic heterocycles. The summed E-state index contributed by atoms with van der Waals surface area (Å²) in [7, 11) is 0. The Balaban J connectivity index is 1.03. The van der Waals surface area contributed by atoms with Gasteiger partial charge in [-0.15, -0.1) is 0 Å². The predicted octanol–water partition coefficient (Wildman–Crippen LogP) is 13.0. The van der Waals surface area contributed by atoms with Crippen molar-refractivity contribution < 1.29 is 9.15 Å². The first kappa shape index (κ1) is 32.3. The lowest BCUT2D eigenvalue weighted by atomic mass is 9.44. The van der Waals surface area contributed by atoms with Gasteiger partial charge < -0.3 is 18.5 Å². The van der Waals surface area contributed by atoms with Crippen LogP contribution in [0.4, 0.5) is 11.4 Å². The lowest BCUT2D eigenvalue weighted by Gasteiger charge is -2.42. The number of furan rings is 1. The van der Waals surface area contributed by atoms with Crippen LogP contribution in [0.5, 0.6) is 11.5 Å². The van der Waals surface area contributed by atoms with Crippen LogP contribution < -0.4 is 20.5 Å². The molecule has 0 fully saturated rings. The highest BCUT2D eigenvalue weighted by Gasteiger charge is 2.44. The zero-order valence-electron chi connectivity index (χ0n) is 31.8. The summed E-state index contributed by atoms with van der Waals surface area (Å²) in [6.45, 7) is -0.103. The minimum Gasteiger partial charge on any atom is -0.458 e. The van der Waals surface area contributed by atoms with Crippen molar-refractivity contribution in [3.8, 4) is 50.6 Å². The molecule has 4 nitrogen and oxygen atoms in total. The zero-order valence-corrected chi connectivity index (χ0v) is 31.8. The third kappa shape index (κ3) is 4.79. The van der Waals surface area contributed by atoms with E-state index in [0.717, 1.165) is 78.2 Å². The van der Waals surface area contributed by atoms with Gasteiger partial charge >= 0.3 is 6.85 Å². The number of rotatable bonds is 4. The van der Waals surface area contributed by atoms with Crippen molar-refractivity contribution in [3.05, 3.63) is 200 Å².